The summed E-state index contributed by atoms with van der Waals surface area (Å²) in [5.74, 6) is 0. The highest BCUT2D eigenvalue weighted by atomic mass is 35.5. The molecule has 92 valence electrons. The molecule has 0 heterocycles. The number of halogens is 4. The summed E-state index contributed by atoms with van der Waals surface area (Å²) in [5.41, 5.74) is 0. The van der Waals surface area contributed by atoms with Gasteiger partial charge in [0.05, 0.1) is 0 Å². The van der Waals surface area contributed by atoms with Crippen molar-refractivity contribution in [1.29, 1.82) is 0 Å². The number of rotatable bonds is 8. The third-order valence-electron chi connectivity index (χ3n) is 2.01. The summed E-state index contributed by atoms with van der Waals surface area (Å²) in [6.07, 6.45) is 0.161. The van der Waals surface area contributed by atoms with Gasteiger partial charge in [0.25, 0.3) is 0 Å². The summed E-state index contributed by atoms with van der Waals surface area (Å²) in [6.45, 7) is 1.06. The van der Waals surface area contributed by atoms with Gasteiger partial charge < -0.3 is 4.74 Å². The van der Waals surface area contributed by atoms with E-state index in [1.807, 2.05) is 6.92 Å². The molecule has 0 aliphatic rings. The first kappa shape index (κ1) is 15.0. The molecule has 0 fully saturated rings. The van der Waals surface area contributed by atoms with Crippen molar-refractivity contribution in [1.82, 2.24) is 0 Å². The van der Waals surface area contributed by atoms with Crippen molar-refractivity contribution < 1.29 is 17.9 Å². The van der Waals surface area contributed by atoms with Crippen LogP contribution < -0.4 is 0 Å². The van der Waals surface area contributed by atoms with Crippen LogP contribution in [0, 0.1) is 0 Å². The molecule has 0 saturated carbocycles. The highest BCUT2D eigenvalue weighted by molar-refractivity contribution is 6.20. The summed E-state index contributed by atoms with van der Waals surface area (Å²) in [5, 5.41) is 0.195. The lowest BCUT2D eigenvalue weighted by Crippen LogP contribution is -2.17. The van der Waals surface area contributed by atoms with E-state index in [2.05, 4.69) is 4.74 Å². The van der Waals surface area contributed by atoms with Gasteiger partial charge in [0.2, 0.25) is 0 Å². The number of ether oxygens (including phenoxy) is 1. The molecular weight excluding hydrogens is 229 g/mol. The monoisotopic (exact) mass is 246 g/mol. The molecule has 0 aromatic rings. The predicted molar refractivity (Wildman–Crippen MR) is 55.3 cm³/mol. The standard InChI is InChI=1S/C10H18ClF3O/c1-2-9(11)6-4-3-5-7-15-8-10(12,13)14/h9H,2-8H2,1H3. The fraction of sp³-hybridized carbons (Fsp3) is 1.00. The van der Waals surface area contributed by atoms with E-state index < -0.39 is 12.8 Å². The molecule has 0 radical (unpaired) electrons. The van der Waals surface area contributed by atoms with E-state index >= 15 is 0 Å². The van der Waals surface area contributed by atoms with Crippen LogP contribution in [0.25, 0.3) is 0 Å². The van der Waals surface area contributed by atoms with E-state index in [1.165, 1.54) is 0 Å². The summed E-state index contributed by atoms with van der Waals surface area (Å²) >= 11 is 5.89. The van der Waals surface area contributed by atoms with Gasteiger partial charge >= 0.3 is 6.18 Å². The zero-order valence-corrected chi connectivity index (χ0v) is 9.70. The lowest BCUT2D eigenvalue weighted by atomic mass is 10.1. The van der Waals surface area contributed by atoms with E-state index in [0.29, 0.717) is 6.42 Å². The normalized spacial score (nSPS) is 14.2. The van der Waals surface area contributed by atoms with Crippen LogP contribution in [-0.2, 0) is 4.74 Å². The lowest BCUT2D eigenvalue weighted by Gasteiger charge is -2.08. The Morgan fingerprint density at radius 2 is 1.87 bits per heavy atom. The summed E-state index contributed by atoms with van der Waals surface area (Å²) in [7, 11) is 0. The van der Waals surface area contributed by atoms with Crippen LogP contribution in [0.15, 0.2) is 0 Å². The van der Waals surface area contributed by atoms with Crippen molar-refractivity contribution in [3.8, 4) is 0 Å². The van der Waals surface area contributed by atoms with Crippen molar-refractivity contribution >= 4 is 11.6 Å². The molecule has 0 bridgehead atoms. The molecular formula is C10H18ClF3O. The maximum Gasteiger partial charge on any atom is 0.411 e. The van der Waals surface area contributed by atoms with Crippen molar-refractivity contribution in [3.05, 3.63) is 0 Å². The Labute approximate surface area is 93.9 Å². The second-order valence-electron chi connectivity index (χ2n) is 3.52. The summed E-state index contributed by atoms with van der Waals surface area (Å²) in [6, 6.07) is 0. The van der Waals surface area contributed by atoms with Gasteiger partial charge in [-0.2, -0.15) is 13.2 Å². The molecule has 1 unspecified atom stereocenters. The van der Waals surface area contributed by atoms with Gasteiger partial charge in [0, 0.05) is 12.0 Å². The minimum absolute atomic E-state index is 0.179. The van der Waals surface area contributed by atoms with Crippen LogP contribution in [0.1, 0.15) is 39.0 Å². The minimum atomic E-state index is -4.20. The molecule has 0 aromatic heterocycles. The second-order valence-corrected chi connectivity index (χ2v) is 4.14. The van der Waals surface area contributed by atoms with Crippen molar-refractivity contribution in [2.24, 2.45) is 0 Å². The molecule has 0 aliphatic heterocycles. The van der Waals surface area contributed by atoms with Crippen molar-refractivity contribution in [2.45, 2.75) is 50.6 Å². The van der Waals surface area contributed by atoms with Gasteiger partial charge in [0.1, 0.15) is 6.61 Å². The molecule has 1 nitrogen and oxygen atoms in total. The molecule has 15 heavy (non-hydrogen) atoms. The van der Waals surface area contributed by atoms with Gasteiger partial charge in [-0.05, 0) is 19.3 Å². The maximum absolute atomic E-state index is 11.6. The first-order chi connectivity index (χ1) is 6.95. The summed E-state index contributed by atoms with van der Waals surface area (Å²) < 4.78 is 39.4. The van der Waals surface area contributed by atoms with Crippen LogP contribution >= 0.6 is 11.6 Å². The maximum atomic E-state index is 11.6. The van der Waals surface area contributed by atoms with Crippen LogP contribution in [0.4, 0.5) is 13.2 Å². The zero-order chi connectivity index (χ0) is 11.7. The molecule has 5 heteroatoms. The van der Waals surface area contributed by atoms with Crippen molar-refractivity contribution in [2.75, 3.05) is 13.2 Å². The van der Waals surface area contributed by atoms with E-state index in [9.17, 15) is 13.2 Å². The molecule has 0 amide bonds. The first-order valence-electron chi connectivity index (χ1n) is 5.24. The van der Waals surface area contributed by atoms with Crippen LogP contribution in [0.5, 0.6) is 0 Å². The van der Waals surface area contributed by atoms with Crippen LogP contribution in [0.2, 0.25) is 0 Å². The van der Waals surface area contributed by atoms with Crippen molar-refractivity contribution in [3.63, 3.8) is 0 Å². The average Bonchev–Trinajstić information content (AvgIpc) is 2.14. The van der Waals surface area contributed by atoms with E-state index in [-0.39, 0.29) is 12.0 Å². The molecule has 0 saturated heterocycles. The molecule has 0 spiro atoms. The topological polar surface area (TPSA) is 9.23 Å². The van der Waals surface area contributed by atoms with Gasteiger partial charge in [-0.1, -0.05) is 19.8 Å². The highest BCUT2D eigenvalue weighted by Gasteiger charge is 2.27. The fourth-order valence-electron chi connectivity index (χ4n) is 1.14. The smallest absolute Gasteiger partial charge is 0.372 e. The Morgan fingerprint density at radius 3 is 2.40 bits per heavy atom. The van der Waals surface area contributed by atoms with E-state index in [4.69, 9.17) is 11.6 Å². The Balaban J connectivity index is 3.12. The largest absolute Gasteiger partial charge is 0.411 e. The Bertz CT molecular complexity index is 150. The molecule has 0 N–H and O–H groups in total. The van der Waals surface area contributed by atoms with Crippen LogP contribution in [0.3, 0.4) is 0 Å². The second kappa shape index (κ2) is 8.22. The molecule has 0 aliphatic carbocycles. The Kier molecular flexibility index (Phi) is 8.24. The third-order valence-corrected chi connectivity index (χ3v) is 2.54. The quantitative estimate of drug-likeness (QED) is 0.462. The molecule has 0 aromatic carbocycles. The van der Waals surface area contributed by atoms with Crippen LogP contribution in [-0.4, -0.2) is 24.8 Å². The molecule has 0 rings (SSSR count). The third kappa shape index (κ3) is 12.0. The summed E-state index contributed by atoms with van der Waals surface area (Å²) in [4.78, 5) is 0. The molecule has 1 atom stereocenters. The highest BCUT2D eigenvalue weighted by Crippen LogP contribution is 2.15. The van der Waals surface area contributed by atoms with Gasteiger partial charge in [-0.3, -0.25) is 0 Å². The number of alkyl halides is 4. The van der Waals surface area contributed by atoms with E-state index in [0.717, 1.165) is 25.7 Å². The van der Waals surface area contributed by atoms with Gasteiger partial charge in [-0.25, -0.2) is 0 Å². The average molecular weight is 247 g/mol. The SMILES string of the molecule is CCC(Cl)CCCCCOCC(F)(F)F. The predicted octanol–water partition coefficient (Wildman–Crippen LogP) is 4.14. The van der Waals surface area contributed by atoms with E-state index in [1.54, 1.807) is 0 Å². The zero-order valence-electron chi connectivity index (χ0n) is 8.95. The Morgan fingerprint density at radius 1 is 1.20 bits per heavy atom. The van der Waals surface area contributed by atoms with Gasteiger partial charge in [-0.15, -0.1) is 11.6 Å². The van der Waals surface area contributed by atoms with Gasteiger partial charge in [0.15, 0.2) is 0 Å². The fourth-order valence-corrected chi connectivity index (χ4v) is 1.29. The number of hydrogen-bond acceptors (Lipinski definition) is 1. The number of unbranched alkanes of at least 4 members (excludes halogenated alkanes) is 2. The first-order valence-corrected chi connectivity index (χ1v) is 5.68. The lowest BCUT2D eigenvalue weighted by molar-refractivity contribution is -0.174. The number of hydrogen-bond donors (Lipinski definition) is 0. The Hall–Kier alpha value is 0.0400. The minimum Gasteiger partial charge on any atom is -0.372 e.